The molecule has 7 heteroatoms. The van der Waals surface area contributed by atoms with Crippen molar-refractivity contribution in [1.29, 1.82) is 0 Å². The number of fused-ring (bicyclic) bond motifs is 1. The van der Waals surface area contributed by atoms with E-state index in [0.717, 1.165) is 23.4 Å². The van der Waals surface area contributed by atoms with Crippen molar-refractivity contribution in [3.8, 4) is 11.3 Å². The number of aromatic amines is 2. The number of nitrogen functional groups attached to an aromatic ring is 1. The van der Waals surface area contributed by atoms with E-state index < -0.39 is 11.7 Å². The summed E-state index contributed by atoms with van der Waals surface area (Å²) in [6.07, 6.45) is -4.36. The van der Waals surface area contributed by atoms with E-state index in [1.807, 2.05) is 0 Å². The van der Waals surface area contributed by atoms with E-state index in [1.54, 1.807) is 13.0 Å². The summed E-state index contributed by atoms with van der Waals surface area (Å²) in [6.45, 7) is 1.79. The van der Waals surface area contributed by atoms with Gasteiger partial charge in [-0.25, -0.2) is 0 Å². The van der Waals surface area contributed by atoms with Gasteiger partial charge in [0.2, 0.25) is 0 Å². The predicted octanol–water partition coefficient (Wildman–Crippen LogP) is 3.47. The van der Waals surface area contributed by atoms with Gasteiger partial charge in [-0.2, -0.15) is 18.3 Å². The molecule has 0 saturated carbocycles. The van der Waals surface area contributed by atoms with Crippen molar-refractivity contribution < 1.29 is 13.2 Å². The van der Waals surface area contributed by atoms with Gasteiger partial charge in [-0.1, -0.05) is 6.07 Å². The highest BCUT2D eigenvalue weighted by molar-refractivity contribution is 5.97. The molecule has 0 spiro atoms. The Morgan fingerprint density at radius 2 is 1.95 bits per heavy atom. The van der Waals surface area contributed by atoms with Gasteiger partial charge in [-0.05, 0) is 19.1 Å². The number of halogens is 3. The van der Waals surface area contributed by atoms with E-state index in [0.29, 0.717) is 22.4 Å². The number of rotatable bonds is 1. The average Bonchev–Trinajstić information content (AvgIpc) is 2.89. The SMILES string of the molecule is Cc1[nH]c2cc(C(F)(F)F)ccc2c1-c1cc(N)n[nH]1. The number of hydrogen-bond donors (Lipinski definition) is 3. The number of nitrogens with two attached hydrogens (primary N) is 1. The van der Waals surface area contributed by atoms with Gasteiger partial charge in [0.25, 0.3) is 0 Å². The van der Waals surface area contributed by atoms with Crippen LogP contribution in [0.4, 0.5) is 19.0 Å². The number of alkyl halides is 3. The first-order valence-corrected chi connectivity index (χ1v) is 5.87. The Hall–Kier alpha value is -2.44. The molecule has 0 aliphatic heterocycles. The molecule has 2 aromatic heterocycles. The monoisotopic (exact) mass is 280 g/mol. The van der Waals surface area contributed by atoms with E-state index in [-0.39, 0.29) is 0 Å². The number of nitrogens with one attached hydrogen (secondary N) is 2. The Morgan fingerprint density at radius 1 is 1.20 bits per heavy atom. The maximum atomic E-state index is 12.7. The van der Waals surface area contributed by atoms with Crippen molar-refractivity contribution in [2.45, 2.75) is 13.1 Å². The zero-order chi connectivity index (χ0) is 14.5. The number of anilines is 1. The summed E-state index contributed by atoms with van der Waals surface area (Å²) >= 11 is 0. The first-order chi connectivity index (χ1) is 9.36. The lowest BCUT2D eigenvalue weighted by molar-refractivity contribution is -0.137. The molecule has 20 heavy (non-hydrogen) atoms. The Bertz CT molecular complexity index is 783. The Labute approximate surface area is 111 Å². The van der Waals surface area contributed by atoms with Crippen LogP contribution in [-0.4, -0.2) is 15.2 Å². The second kappa shape index (κ2) is 4.03. The molecule has 4 nitrogen and oxygen atoms in total. The van der Waals surface area contributed by atoms with Crippen LogP contribution in [0.5, 0.6) is 0 Å². The molecule has 4 N–H and O–H groups in total. The highest BCUT2D eigenvalue weighted by Crippen LogP contribution is 2.36. The number of aryl methyl sites for hydroxylation is 1. The Morgan fingerprint density at radius 3 is 2.55 bits per heavy atom. The van der Waals surface area contributed by atoms with Crippen LogP contribution in [0.1, 0.15) is 11.3 Å². The number of benzene rings is 1. The molecule has 0 saturated heterocycles. The Kier molecular flexibility index (Phi) is 2.53. The highest BCUT2D eigenvalue weighted by Gasteiger charge is 2.31. The van der Waals surface area contributed by atoms with Gasteiger partial charge in [0, 0.05) is 28.2 Å². The third kappa shape index (κ3) is 1.91. The molecule has 2 heterocycles. The second-order valence-electron chi connectivity index (χ2n) is 4.59. The van der Waals surface area contributed by atoms with Crippen LogP contribution in [-0.2, 0) is 6.18 Å². The van der Waals surface area contributed by atoms with Gasteiger partial charge in [0.15, 0.2) is 0 Å². The molecule has 3 rings (SSSR count). The number of nitrogens with zero attached hydrogens (tertiary/aromatic N) is 1. The third-order valence-corrected chi connectivity index (χ3v) is 3.18. The van der Waals surface area contributed by atoms with Crippen molar-refractivity contribution >= 4 is 16.7 Å². The average molecular weight is 280 g/mol. The minimum Gasteiger partial charge on any atom is -0.382 e. The van der Waals surface area contributed by atoms with Gasteiger partial charge < -0.3 is 10.7 Å². The predicted molar refractivity (Wildman–Crippen MR) is 70.0 cm³/mol. The lowest BCUT2D eigenvalue weighted by atomic mass is 10.1. The van der Waals surface area contributed by atoms with Gasteiger partial charge in [0.1, 0.15) is 5.82 Å². The summed E-state index contributed by atoms with van der Waals surface area (Å²) < 4.78 is 38.1. The zero-order valence-electron chi connectivity index (χ0n) is 10.5. The quantitative estimate of drug-likeness (QED) is 0.638. The van der Waals surface area contributed by atoms with Crippen LogP contribution in [0.15, 0.2) is 24.3 Å². The summed E-state index contributed by atoms with van der Waals surface area (Å²) in [5.41, 5.74) is 7.51. The number of aromatic nitrogens is 3. The lowest BCUT2D eigenvalue weighted by Gasteiger charge is -2.06. The highest BCUT2D eigenvalue weighted by atomic mass is 19.4. The van der Waals surface area contributed by atoms with E-state index >= 15 is 0 Å². The minimum absolute atomic E-state index is 0.334. The fourth-order valence-corrected chi connectivity index (χ4v) is 2.32. The Balaban J connectivity index is 2.22. The molecule has 1 aromatic carbocycles. The molecular formula is C13H11F3N4. The van der Waals surface area contributed by atoms with E-state index in [1.165, 1.54) is 6.07 Å². The molecule has 0 unspecified atom stereocenters. The van der Waals surface area contributed by atoms with Gasteiger partial charge >= 0.3 is 6.18 Å². The molecular weight excluding hydrogens is 269 g/mol. The number of H-pyrrole nitrogens is 2. The van der Waals surface area contributed by atoms with Crippen LogP contribution in [0.25, 0.3) is 22.2 Å². The molecule has 0 atom stereocenters. The van der Waals surface area contributed by atoms with Gasteiger partial charge in [-0.3, -0.25) is 5.10 Å². The molecule has 0 bridgehead atoms. The van der Waals surface area contributed by atoms with Crippen LogP contribution in [0, 0.1) is 6.92 Å². The topological polar surface area (TPSA) is 70.5 Å². The molecule has 0 aliphatic rings. The number of hydrogen-bond acceptors (Lipinski definition) is 2. The maximum Gasteiger partial charge on any atom is 0.416 e. The molecule has 0 radical (unpaired) electrons. The normalized spacial score (nSPS) is 12.2. The fraction of sp³-hybridized carbons (Fsp3) is 0.154. The zero-order valence-corrected chi connectivity index (χ0v) is 10.5. The third-order valence-electron chi connectivity index (χ3n) is 3.18. The van der Waals surface area contributed by atoms with Crippen LogP contribution in [0.3, 0.4) is 0 Å². The molecule has 0 amide bonds. The minimum atomic E-state index is -4.36. The van der Waals surface area contributed by atoms with Gasteiger partial charge in [-0.15, -0.1) is 0 Å². The second-order valence-corrected chi connectivity index (χ2v) is 4.59. The van der Waals surface area contributed by atoms with Crippen molar-refractivity contribution in [3.63, 3.8) is 0 Å². The largest absolute Gasteiger partial charge is 0.416 e. The van der Waals surface area contributed by atoms with Crippen LogP contribution in [0.2, 0.25) is 0 Å². The van der Waals surface area contributed by atoms with E-state index in [2.05, 4.69) is 15.2 Å². The van der Waals surface area contributed by atoms with Crippen LogP contribution >= 0.6 is 0 Å². The smallest absolute Gasteiger partial charge is 0.382 e. The van der Waals surface area contributed by atoms with Crippen molar-refractivity contribution in [2.75, 3.05) is 5.73 Å². The molecule has 0 fully saturated rings. The first-order valence-electron chi connectivity index (χ1n) is 5.87. The van der Waals surface area contributed by atoms with E-state index in [4.69, 9.17) is 5.73 Å². The molecule has 0 aliphatic carbocycles. The molecule has 3 aromatic rings. The summed E-state index contributed by atoms with van der Waals surface area (Å²) in [7, 11) is 0. The summed E-state index contributed by atoms with van der Waals surface area (Å²) in [5.74, 6) is 0.334. The standard InChI is InChI=1S/C13H11F3N4/c1-6-12(10-5-11(17)20-19-10)8-3-2-7(13(14,15)16)4-9(8)18-6/h2-5,18H,1H3,(H3,17,19,20). The van der Waals surface area contributed by atoms with Crippen molar-refractivity contribution in [2.24, 2.45) is 0 Å². The maximum absolute atomic E-state index is 12.7. The van der Waals surface area contributed by atoms with Crippen molar-refractivity contribution in [3.05, 3.63) is 35.5 Å². The summed E-state index contributed by atoms with van der Waals surface area (Å²) in [4.78, 5) is 2.96. The summed E-state index contributed by atoms with van der Waals surface area (Å²) in [5, 5.41) is 7.30. The van der Waals surface area contributed by atoms with E-state index in [9.17, 15) is 13.2 Å². The molecule has 104 valence electrons. The first kappa shape index (κ1) is 12.6. The summed E-state index contributed by atoms with van der Waals surface area (Å²) in [6, 6.07) is 5.27. The lowest BCUT2D eigenvalue weighted by Crippen LogP contribution is -2.04. The fourth-order valence-electron chi connectivity index (χ4n) is 2.32. The van der Waals surface area contributed by atoms with Gasteiger partial charge in [0.05, 0.1) is 11.3 Å². The van der Waals surface area contributed by atoms with Crippen molar-refractivity contribution in [1.82, 2.24) is 15.2 Å². The van der Waals surface area contributed by atoms with Crippen LogP contribution < -0.4 is 5.73 Å².